The summed E-state index contributed by atoms with van der Waals surface area (Å²) in [6.07, 6.45) is 2.71. The molecule has 0 saturated carbocycles. The number of carbonyl (C=O) groups is 1. The summed E-state index contributed by atoms with van der Waals surface area (Å²) in [6.45, 7) is 5.47. The number of amides is 1. The number of benzene rings is 1. The quantitative estimate of drug-likeness (QED) is 0.915. The fraction of sp³-hybridized carbons (Fsp3) is 0.444. The van der Waals surface area contributed by atoms with Gasteiger partial charge in [-0.2, -0.15) is 0 Å². The summed E-state index contributed by atoms with van der Waals surface area (Å²) in [5.41, 5.74) is 3.27. The lowest BCUT2D eigenvalue weighted by atomic mass is 10.1. The van der Waals surface area contributed by atoms with E-state index in [1.165, 1.54) is 5.56 Å². The fourth-order valence-corrected chi connectivity index (χ4v) is 3.79. The molecule has 1 aromatic carbocycles. The first kappa shape index (κ1) is 16.1. The molecule has 0 spiro atoms. The van der Waals surface area contributed by atoms with E-state index in [0.717, 1.165) is 40.6 Å². The van der Waals surface area contributed by atoms with E-state index in [-0.39, 0.29) is 12.0 Å². The molecule has 2 aromatic rings. The molecule has 23 heavy (non-hydrogen) atoms. The van der Waals surface area contributed by atoms with Crippen molar-refractivity contribution in [2.45, 2.75) is 39.2 Å². The molecule has 122 valence electrons. The van der Waals surface area contributed by atoms with Crippen LogP contribution in [0.2, 0.25) is 0 Å². The summed E-state index contributed by atoms with van der Waals surface area (Å²) < 4.78 is 5.53. The van der Waals surface area contributed by atoms with Crippen molar-refractivity contribution in [2.24, 2.45) is 0 Å². The number of ether oxygens (including phenoxy) is 1. The Morgan fingerprint density at radius 3 is 3.04 bits per heavy atom. The monoisotopic (exact) mass is 330 g/mol. The predicted molar refractivity (Wildman–Crippen MR) is 92.7 cm³/mol. The molecule has 5 heteroatoms. The van der Waals surface area contributed by atoms with Crippen molar-refractivity contribution in [1.82, 2.24) is 10.3 Å². The molecule has 4 nitrogen and oxygen atoms in total. The summed E-state index contributed by atoms with van der Waals surface area (Å²) in [4.78, 5) is 17.8. The lowest BCUT2D eigenvalue weighted by molar-refractivity contribution is -0.120. The van der Waals surface area contributed by atoms with Crippen molar-refractivity contribution in [1.29, 1.82) is 0 Å². The Bertz CT molecular complexity index is 690. The van der Waals surface area contributed by atoms with Crippen LogP contribution in [0.15, 0.2) is 24.3 Å². The van der Waals surface area contributed by atoms with Gasteiger partial charge in [-0.05, 0) is 32.8 Å². The SMILES string of the molecule is Cc1cccc(-c2nc(C)c(CC(=O)NCC3CCCO3)s2)c1. The minimum absolute atomic E-state index is 0.0445. The summed E-state index contributed by atoms with van der Waals surface area (Å²) in [5, 5.41) is 3.95. The van der Waals surface area contributed by atoms with Gasteiger partial charge in [0.15, 0.2) is 0 Å². The number of nitrogens with zero attached hydrogens (tertiary/aromatic N) is 1. The van der Waals surface area contributed by atoms with Crippen molar-refractivity contribution < 1.29 is 9.53 Å². The molecule has 0 aliphatic carbocycles. The van der Waals surface area contributed by atoms with Crippen LogP contribution >= 0.6 is 11.3 Å². The van der Waals surface area contributed by atoms with E-state index in [4.69, 9.17) is 4.74 Å². The lowest BCUT2D eigenvalue weighted by Gasteiger charge is -2.10. The predicted octanol–water partition coefficient (Wildman–Crippen LogP) is 3.26. The summed E-state index contributed by atoms with van der Waals surface area (Å²) >= 11 is 1.60. The van der Waals surface area contributed by atoms with E-state index in [2.05, 4.69) is 35.4 Å². The van der Waals surface area contributed by atoms with Crippen LogP contribution in [0.1, 0.15) is 29.0 Å². The zero-order valence-corrected chi connectivity index (χ0v) is 14.4. The minimum atomic E-state index is 0.0445. The van der Waals surface area contributed by atoms with Crippen LogP contribution in [-0.2, 0) is 16.0 Å². The van der Waals surface area contributed by atoms with Crippen molar-refractivity contribution in [2.75, 3.05) is 13.2 Å². The van der Waals surface area contributed by atoms with Gasteiger partial charge in [-0.1, -0.05) is 23.8 Å². The third-order valence-corrected chi connectivity index (χ3v) is 5.24. The Kier molecular flexibility index (Phi) is 5.08. The minimum Gasteiger partial charge on any atom is -0.376 e. The molecule has 1 aromatic heterocycles. The molecule has 1 N–H and O–H groups in total. The molecule has 3 rings (SSSR count). The maximum absolute atomic E-state index is 12.1. The molecule has 1 fully saturated rings. The highest BCUT2D eigenvalue weighted by Crippen LogP contribution is 2.28. The van der Waals surface area contributed by atoms with Crippen LogP contribution in [0.5, 0.6) is 0 Å². The normalized spacial score (nSPS) is 17.4. The van der Waals surface area contributed by atoms with Gasteiger partial charge in [0.1, 0.15) is 5.01 Å². The van der Waals surface area contributed by atoms with E-state index >= 15 is 0 Å². The van der Waals surface area contributed by atoms with Gasteiger partial charge in [0.25, 0.3) is 0 Å². The topological polar surface area (TPSA) is 51.2 Å². The largest absolute Gasteiger partial charge is 0.376 e. The first-order valence-corrected chi connectivity index (χ1v) is 8.85. The van der Waals surface area contributed by atoms with Gasteiger partial charge in [-0.15, -0.1) is 11.3 Å². The Morgan fingerprint density at radius 2 is 2.30 bits per heavy atom. The van der Waals surface area contributed by atoms with Gasteiger partial charge in [0.05, 0.1) is 18.2 Å². The lowest BCUT2D eigenvalue weighted by Crippen LogP contribution is -2.32. The van der Waals surface area contributed by atoms with E-state index in [0.29, 0.717) is 13.0 Å². The Hall–Kier alpha value is -1.72. The van der Waals surface area contributed by atoms with E-state index < -0.39 is 0 Å². The maximum atomic E-state index is 12.1. The zero-order valence-electron chi connectivity index (χ0n) is 13.6. The smallest absolute Gasteiger partial charge is 0.225 e. The molecule has 1 saturated heterocycles. The number of hydrogen-bond donors (Lipinski definition) is 1. The van der Waals surface area contributed by atoms with Crippen molar-refractivity contribution in [3.8, 4) is 10.6 Å². The molecular formula is C18H22N2O2S. The van der Waals surface area contributed by atoms with Gasteiger partial charge >= 0.3 is 0 Å². The molecule has 1 aliphatic rings. The Balaban J connectivity index is 1.62. The molecule has 1 amide bonds. The molecule has 0 bridgehead atoms. The van der Waals surface area contributed by atoms with Crippen LogP contribution in [0, 0.1) is 13.8 Å². The first-order valence-electron chi connectivity index (χ1n) is 8.03. The average molecular weight is 330 g/mol. The third-order valence-electron chi connectivity index (χ3n) is 4.03. The maximum Gasteiger partial charge on any atom is 0.225 e. The first-order chi connectivity index (χ1) is 11.1. The second-order valence-electron chi connectivity index (χ2n) is 6.01. The molecular weight excluding hydrogens is 308 g/mol. The van der Waals surface area contributed by atoms with Crippen LogP contribution in [0.25, 0.3) is 10.6 Å². The number of aryl methyl sites for hydroxylation is 2. The van der Waals surface area contributed by atoms with Gasteiger partial charge in [-0.25, -0.2) is 4.98 Å². The number of thiazole rings is 1. The second-order valence-corrected chi connectivity index (χ2v) is 7.10. The van der Waals surface area contributed by atoms with Gasteiger partial charge in [0.2, 0.25) is 5.91 Å². The fourth-order valence-electron chi connectivity index (χ4n) is 2.73. The van der Waals surface area contributed by atoms with Crippen LogP contribution < -0.4 is 5.32 Å². The van der Waals surface area contributed by atoms with Crippen molar-refractivity contribution in [3.63, 3.8) is 0 Å². The number of nitrogens with one attached hydrogen (secondary N) is 1. The van der Waals surface area contributed by atoms with Gasteiger partial charge in [-0.3, -0.25) is 4.79 Å². The average Bonchev–Trinajstić information content (AvgIpc) is 3.16. The number of aromatic nitrogens is 1. The van der Waals surface area contributed by atoms with Crippen LogP contribution in [0.4, 0.5) is 0 Å². The highest BCUT2D eigenvalue weighted by Gasteiger charge is 2.17. The molecule has 1 aliphatic heterocycles. The van der Waals surface area contributed by atoms with Gasteiger partial charge < -0.3 is 10.1 Å². The highest BCUT2D eigenvalue weighted by molar-refractivity contribution is 7.15. The second kappa shape index (κ2) is 7.23. The summed E-state index contributed by atoms with van der Waals surface area (Å²) in [7, 11) is 0. The molecule has 0 radical (unpaired) electrons. The standard InChI is InChI=1S/C18H22N2O2S/c1-12-5-3-6-14(9-12)18-20-13(2)16(23-18)10-17(21)19-11-15-7-4-8-22-15/h3,5-6,9,15H,4,7-8,10-11H2,1-2H3,(H,19,21). The number of rotatable bonds is 5. The van der Waals surface area contributed by atoms with Crippen molar-refractivity contribution in [3.05, 3.63) is 40.4 Å². The highest BCUT2D eigenvalue weighted by atomic mass is 32.1. The van der Waals surface area contributed by atoms with Crippen LogP contribution in [0.3, 0.4) is 0 Å². The summed E-state index contributed by atoms with van der Waals surface area (Å²) in [5.74, 6) is 0.0445. The molecule has 1 atom stereocenters. The van der Waals surface area contributed by atoms with Gasteiger partial charge in [0, 0.05) is 23.6 Å². The number of hydrogen-bond acceptors (Lipinski definition) is 4. The molecule has 1 unspecified atom stereocenters. The van der Waals surface area contributed by atoms with Crippen LogP contribution in [-0.4, -0.2) is 30.1 Å². The molecule has 2 heterocycles. The van der Waals surface area contributed by atoms with E-state index in [1.54, 1.807) is 11.3 Å². The summed E-state index contributed by atoms with van der Waals surface area (Å²) in [6, 6.07) is 8.30. The Labute approximate surface area is 140 Å². The third kappa shape index (κ3) is 4.18. The van der Waals surface area contributed by atoms with E-state index in [1.807, 2.05) is 13.0 Å². The van der Waals surface area contributed by atoms with E-state index in [9.17, 15) is 4.79 Å². The number of carbonyl (C=O) groups excluding carboxylic acids is 1. The zero-order chi connectivity index (χ0) is 16.2. The van der Waals surface area contributed by atoms with Crippen molar-refractivity contribution >= 4 is 17.2 Å². The Morgan fingerprint density at radius 1 is 1.43 bits per heavy atom.